The second-order valence-corrected chi connectivity index (χ2v) is 6.77. The normalized spacial score (nSPS) is 11.3. The monoisotopic (exact) mass is 421 g/mol. The molecule has 3 aromatic rings. The van der Waals surface area contributed by atoms with Gasteiger partial charge in [0.1, 0.15) is 0 Å². The third kappa shape index (κ3) is 4.99. The van der Waals surface area contributed by atoms with E-state index in [0.717, 1.165) is 28.6 Å². The second kappa shape index (κ2) is 8.43. The zero-order valence-corrected chi connectivity index (χ0v) is 15.8. The first-order chi connectivity index (χ1) is 13.8. The quantitative estimate of drug-likeness (QED) is 0.631. The van der Waals surface area contributed by atoms with Crippen LogP contribution in [-0.4, -0.2) is 37.3 Å². The molecule has 0 bridgehead atoms. The Hall–Kier alpha value is -3.21. The fraction of sp³-hybridized carbons (Fsp3) is 0.167. The molecule has 2 heterocycles. The molecule has 1 N–H and O–H groups in total. The predicted octanol–water partition coefficient (Wildman–Crippen LogP) is 3.75. The van der Waals surface area contributed by atoms with E-state index in [1.54, 1.807) is 24.3 Å². The maximum atomic E-state index is 12.9. The number of pyridine rings is 1. The van der Waals surface area contributed by atoms with E-state index < -0.39 is 17.6 Å². The van der Waals surface area contributed by atoms with Gasteiger partial charge in [-0.1, -0.05) is 30.0 Å². The highest BCUT2D eigenvalue weighted by molar-refractivity contribution is 7.99. The third-order valence-electron chi connectivity index (χ3n) is 3.66. The van der Waals surface area contributed by atoms with Gasteiger partial charge in [0.05, 0.1) is 11.3 Å². The molecule has 150 valence electrons. The van der Waals surface area contributed by atoms with Gasteiger partial charge in [0, 0.05) is 30.6 Å². The molecule has 0 atom stereocenters. The van der Waals surface area contributed by atoms with Crippen LogP contribution in [0.1, 0.15) is 17.3 Å². The first kappa shape index (κ1) is 20.5. The van der Waals surface area contributed by atoms with Crippen molar-refractivity contribution in [2.24, 2.45) is 0 Å². The number of carbonyl (C=O) groups is 2. The zero-order valence-electron chi connectivity index (χ0n) is 15.0. The van der Waals surface area contributed by atoms with Crippen LogP contribution in [0.15, 0.2) is 53.9 Å². The van der Waals surface area contributed by atoms with Crippen LogP contribution in [0.2, 0.25) is 0 Å². The molecule has 0 saturated carbocycles. The Bertz CT molecular complexity index is 1040. The van der Waals surface area contributed by atoms with Crippen molar-refractivity contribution in [2.45, 2.75) is 18.3 Å². The maximum absolute atomic E-state index is 12.9. The third-order valence-corrected chi connectivity index (χ3v) is 4.59. The largest absolute Gasteiger partial charge is 0.417 e. The van der Waals surface area contributed by atoms with Gasteiger partial charge < -0.3 is 5.32 Å². The highest BCUT2D eigenvalue weighted by Crippen LogP contribution is 2.31. The number of anilines is 1. The number of amides is 1. The van der Waals surface area contributed by atoms with Gasteiger partial charge in [-0.15, -0.1) is 10.2 Å². The smallest absolute Gasteiger partial charge is 0.325 e. The number of hydrogen-bond acceptors (Lipinski definition) is 6. The van der Waals surface area contributed by atoms with E-state index in [4.69, 9.17) is 0 Å². The topological polar surface area (TPSA) is 89.8 Å². The molecule has 2 aromatic heterocycles. The minimum atomic E-state index is -4.59. The average molecular weight is 421 g/mol. The SMILES string of the molecule is CC(=O)n1c(SCC(=O)Nc2ccccc2)nnc1-c1cncc(C(F)(F)F)c1. The summed E-state index contributed by atoms with van der Waals surface area (Å²) in [7, 11) is 0. The number of hydrogen-bond donors (Lipinski definition) is 1. The number of alkyl halides is 3. The molecule has 29 heavy (non-hydrogen) atoms. The van der Waals surface area contributed by atoms with E-state index >= 15 is 0 Å². The van der Waals surface area contributed by atoms with E-state index in [9.17, 15) is 22.8 Å². The van der Waals surface area contributed by atoms with Crippen LogP contribution in [0.4, 0.5) is 18.9 Å². The summed E-state index contributed by atoms with van der Waals surface area (Å²) in [4.78, 5) is 27.7. The molecular formula is C18H14F3N5O2S. The van der Waals surface area contributed by atoms with Gasteiger partial charge in [-0.05, 0) is 18.2 Å². The average Bonchev–Trinajstić information content (AvgIpc) is 3.11. The van der Waals surface area contributed by atoms with Crippen molar-refractivity contribution in [2.75, 3.05) is 11.1 Å². The molecule has 3 rings (SSSR count). The van der Waals surface area contributed by atoms with Gasteiger partial charge in [0.25, 0.3) is 0 Å². The van der Waals surface area contributed by atoms with Crippen molar-refractivity contribution in [3.05, 3.63) is 54.4 Å². The molecule has 1 aromatic carbocycles. The molecule has 0 spiro atoms. The van der Waals surface area contributed by atoms with Gasteiger partial charge in [-0.3, -0.25) is 14.6 Å². The summed E-state index contributed by atoms with van der Waals surface area (Å²) in [6.45, 7) is 1.22. The fourth-order valence-corrected chi connectivity index (χ4v) is 3.18. The van der Waals surface area contributed by atoms with Crippen LogP contribution < -0.4 is 5.32 Å². The van der Waals surface area contributed by atoms with Crippen LogP contribution in [0.25, 0.3) is 11.4 Å². The van der Waals surface area contributed by atoms with Crippen LogP contribution in [-0.2, 0) is 11.0 Å². The summed E-state index contributed by atoms with van der Waals surface area (Å²) < 4.78 is 39.9. The number of nitrogens with one attached hydrogen (secondary N) is 1. The number of para-hydroxylation sites is 1. The Labute approximate surface area is 167 Å². The summed E-state index contributed by atoms with van der Waals surface area (Å²) in [5, 5.41) is 10.5. The van der Waals surface area contributed by atoms with Crippen molar-refractivity contribution >= 4 is 29.3 Å². The zero-order chi connectivity index (χ0) is 21.0. The Kier molecular flexibility index (Phi) is 5.97. The Morgan fingerprint density at radius 1 is 1.14 bits per heavy atom. The number of carbonyl (C=O) groups excluding carboxylic acids is 2. The lowest BCUT2D eigenvalue weighted by Crippen LogP contribution is -2.15. The highest BCUT2D eigenvalue weighted by atomic mass is 32.2. The minimum absolute atomic E-state index is 0.0110. The lowest BCUT2D eigenvalue weighted by molar-refractivity contribution is -0.137. The molecule has 7 nitrogen and oxygen atoms in total. The van der Waals surface area contributed by atoms with Crippen molar-refractivity contribution in [3.8, 4) is 11.4 Å². The first-order valence-electron chi connectivity index (χ1n) is 8.22. The molecular weight excluding hydrogens is 407 g/mol. The van der Waals surface area contributed by atoms with E-state index in [1.807, 2.05) is 6.07 Å². The molecule has 0 aliphatic heterocycles. The number of rotatable bonds is 5. The summed E-state index contributed by atoms with van der Waals surface area (Å²) in [6.07, 6.45) is -2.74. The molecule has 0 saturated heterocycles. The van der Waals surface area contributed by atoms with Gasteiger partial charge in [0.15, 0.2) is 11.0 Å². The van der Waals surface area contributed by atoms with Crippen LogP contribution >= 0.6 is 11.8 Å². The maximum Gasteiger partial charge on any atom is 0.417 e. The Morgan fingerprint density at radius 3 is 2.52 bits per heavy atom. The lowest BCUT2D eigenvalue weighted by Gasteiger charge is -2.09. The number of thioether (sulfide) groups is 1. The summed E-state index contributed by atoms with van der Waals surface area (Å²) >= 11 is 0.942. The van der Waals surface area contributed by atoms with E-state index in [2.05, 4.69) is 20.5 Å². The standard InChI is InChI=1S/C18H14F3N5O2S/c1-11(27)26-16(12-7-13(9-22-8-12)18(19,20)21)24-25-17(26)29-10-15(28)23-14-5-3-2-4-6-14/h2-9H,10H2,1H3,(H,23,28). The van der Waals surface area contributed by atoms with Gasteiger partial charge in [-0.2, -0.15) is 13.2 Å². The molecule has 0 fully saturated rings. The minimum Gasteiger partial charge on any atom is -0.325 e. The van der Waals surface area contributed by atoms with Crippen molar-refractivity contribution in [1.82, 2.24) is 19.7 Å². The predicted molar refractivity (Wildman–Crippen MR) is 100 cm³/mol. The van der Waals surface area contributed by atoms with E-state index in [1.165, 1.54) is 6.92 Å². The van der Waals surface area contributed by atoms with Crippen molar-refractivity contribution in [3.63, 3.8) is 0 Å². The Balaban J connectivity index is 1.81. The molecule has 1 amide bonds. The molecule has 11 heteroatoms. The van der Waals surface area contributed by atoms with Crippen LogP contribution in [0.3, 0.4) is 0 Å². The summed E-state index contributed by atoms with van der Waals surface area (Å²) in [5.74, 6) is -0.988. The number of halogens is 3. The summed E-state index contributed by atoms with van der Waals surface area (Å²) in [5.41, 5.74) is -0.366. The molecule has 0 aliphatic carbocycles. The van der Waals surface area contributed by atoms with E-state index in [-0.39, 0.29) is 28.2 Å². The molecule has 0 radical (unpaired) electrons. The second-order valence-electron chi connectivity index (χ2n) is 5.82. The Morgan fingerprint density at radius 2 is 1.86 bits per heavy atom. The summed E-state index contributed by atoms with van der Waals surface area (Å²) in [6, 6.07) is 9.63. The van der Waals surface area contributed by atoms with Crippen LogP contribution in [0, 0.1) is 0 Å². The van der Waals surface area contributed by atoms with Crippen molar-refractivity contribution in [1.29, 1.82) is 0 Å². The highest BCUT2D eigenvalue weighted by Gasteiger charge is 2.32. The fourth-order valence-electron chi connectivity index (χ4n) is 2.40. The number of aromatic nitrogens is 4. The van der Waals surface area contributed by atoms with Gasteiger partial charge in [0.2, 0.25) is 11.8 Å². The number of nitrogens with zero attached hydrogens (tertiary/aromatic N) is 4. The number of benzene rings is 1. The van der Waals surface area contributed by atoms with Crippen molar-refractivity contribution < 1.29 is 22.8 Å². The molecule has 0 aliphatic rings. The molecule has 0 unspecified atom stereocenters. The lowest BCUT2D eigenvalue weighted by atomic mass is 10.2. The van der Waals surface area contributed by atoms with E-state index in [0.29, 0.717) is 11.9 Å². The van der Waals surface area contributed by atoms with Gasteiger partial charge >= 0.3 is 6.18 Å². The van der Waals surface area contributed by atoms with Crippen LogP contribution in [0.5, 0.6) is 0 Å². The van der Waals surface area contributed by atoms with Gasteiger partial charge in [-0.25, -0.2) is 4.57 Å². The first-order valence-corrected chi connectivity index (χ1v) is 9.21.